The van der Waals surface area contributed by atoms with Crippen LogP contribution in [-0.2, 0) is 19.7 Å². The number of rotatable bonds is 4. The molecule has 0 atom stereocenters. The molecular weight excluding hydrogens is 340 g/mol. The van der Waals surface area contributed by atoms with Gasteiger partial charge in [-0.05, 0) is 43.7 Å². The van der Waals surface area contributed by atoms with Gasteiger partial charge in [-0.15, -0.1) is 5.10 Å². The number of fused-ring (bicyclic) bond motifs is 1. The number of aryl methyl sites for hydroxylation is 2. The molecule has 6 nitrogen and oxygen atoms in total. The summed E-state index contributed by atoms with van der Waals surface area (Å²) in [5.41, 5.74) is 4.87. The number of aromatic nitrogens is 3. The molecule has 4 rings (SSSR count). The maximum absolute atomic E-state index is 12.7. The molecule has 1 aliphatic rings. The SMILES string of the molecule is Cc1ccc(C(=O)N2CCn3nc(OCc4cc(C)ccn4)cc3C2)cc1. The maximum Gasteiger partial charge on any atom is 0.254 e. The molecule has 0 bridgehead atoms. The average Bonchev–Trinajstić information content (AvgIpc) is 3.08. The Hall–Kier alpha value is -3.15. The van der Waals surface area contributed by atoms with Gasteiger partial charge in [-0.2, -0.15) is 0 Å². The fourth-order valence-electron chi connectivity index (χ4n) is 3.19. The van der Waals surface area contributed by atoms with E-state index in [0.29, 0.717) is 32.1 Å². The second kappa shape index (κ2) is 7.23. The molecule has 0 saturated carbocycles. The van der Waals surface area contributed by atoms with Crippen molar-refractivity contribution in [2.75, 3.05) is 6.54 Å². The molecule has 2 aromatic heterocycles. The van der Waals surface area contributed by atoms with Gasteiger partial charge in [0.2, 0.25) is 5.88 Å². The lowest BCUT2D eigenvalue weighted by Crippen LogP contribution is -2.38. The fraction of sp³-hybridized carbons (Fsp3) is 0.286. The molecule has 1 aliphatic heterocycles. The van der Waals surface area contributed by atoms with Gasteiger partial charge in [0, 0.05) is 24.4 Å². The monoisotopic (exact) mass is 362 g/mol. The molecule has 0 saturated heterocycles. The van der Waals surface area contributed by atoms with Crippen LogP contribution < -0.4 is 4.74 Å². The number of carbonyl (C=O) groups excluding carboxylic acids is 1. The van der Waals surface area contributed by atoms with Gasteiger partial charge in [0.05, 0.1) is 24.5 Å². The van der Waals surface area contributed by atoms with E-state index < -0.39 is 0 Å². The molecule has 0 spiro atoms. The number of ether oxygens (including phenoxy) is 1. The first-order valence-electron chi connectivity index (χ1n) is 9.05. The van der Waals surface area contributed by atoms with E-state index in [4.69, 9.17) is 4.74 Å². The summed E-state index contributed by atoms with van der Waals surface area (Å²) in [6, 6.07) is 13.6. The molecule has 3 heterocycles. The predicted octanol–water partition coefficient (Wildman–Crippen LogP) is 3.13. The third kappa shape index (κ3) is 3.84. The van der Waals surface area contributed by atoms with Gasteiger partial charge in [-0.3, -0.25) is 14.5 Å². The highest BCUT2D eigenvalue weighted by molar-refractivity contribution is 5.94. The third-order valence-electron chi connectivity index (χ3n) is 4.70. The molecule has 0 radical (unpaired) electrons. The molecule has 1 aromatic carbocycles. The molecule has 1 amide bonds. The van der Waals surface area contributed by atoms with Crippen LogP contribution in [0.25, 0.3) is 0 Å². The van der Waals surface area contributed by atoms with Crippen LogP contribution in [0.4, 0.5) is 0 Å². The van der Waals surface area contributed by atoms with Gasteiger partial charge in [0.15, 0.2) is 0 Å². The number of hydrogen-bond acceptors (Lipinski definition) is 4. The van der Waals surface area contributed by atoms with Gasteiger partial charge < -0.3 is 9.64 Å². The van der Waals surface area contributed by atoms with Crippen molar-refractivity contribution in [3.05, 3.63) is 76.7 Å². The molecule has 27 heavy (non-hydrogen) atoms. The highest BCUT2D eigenvalue weighted by Gasteiger charge is 2.23. The van der Waals surface area contributed by atoms with Gasteiger partial charge >= 0.3 is 0 Å². The minimum absolute atomic E-state index is 0.0499. The number of amides is 1. The van der Waals surface area contributed by atoms with Crippen LogP contribution in [-0.4, -0.2) is 32.1 Å². The number of nitrogens with zero attached hydrogens (tertiary/aromatic N) is 4. The minimum Gasteiger partial charge on any atom is -0.470 e. The Morgan fingerprint density at radius 1 is 1.07 bits per heavy atom. The van der Waals surface area contributed by atoms with Crippen molar-refractivity contribution < 1.29 is 9.53 Å². The highest BCUT2D eigenvalue weighted by Crippen LogP contribution is 2.20. The van der Waals surface area contributed by atoms with E-state index in [9.17, 15) is 4.79 Å². The van der Waals surface area contributed by atoms with Crippen LogP contribution in [0.15, 0.2) is 48.7 Å². The maximum atomic E-state index is 12.7. The standard InChI is InChI=1S/C21H22N4O2/c1-15-3-5-17(6-4-15)21(26)24-9-10-25-19(13-24)12-20(23-25)27-14-18-11-16(2)7-8-22-18/h3-8,11-12H,9-10,13-14H2,1-2H3. The molecule has 0 aliphatic carbocycles. The summed E-state index contributed by atoms with van der Waals surface area (Å²) in [5.74, 6) is 0.617. The first-order chi connectivity index (χ1) is 13.1. The van der Waals surface area contributed by atoms with Crippen molar-refractivity contribution in [3.63, 3.8) is 0 Å². The largest absolute Gasteiger partial charge is 0.470 e. The van der Waals surface area contributed by atoms with Gasteiger partial charge in [-0.1, -0.05) is 17.7 Å². The van der Waals surface area contributed by atoms with E-state index in [1.54, 1.807) is 6.20 Å². The Bertz CT molecular complexity index is 963. The Balaban J connectivity index is 1.42. The van der Waals surface area contributed by atoms with Crippen molar-refractivity contribution in [1.29, 1.82) is 0 Å². The number of carbonyl (C=O) groups is 1. The average molecular weight is 362 g/mol. The van der Waals surface area contributed by atoms with Crippen molar-refractivity contribution >= 4 is 5.91 Å². The van der Waals surface area contributed by atoms with E-state index in [1.807, 2.05) is 65.9 Å². The lowest BCUT2D eigenvalue weighted by molar-refractivity contribution is 0.0706. The Morgan fingerprint density at radius 3 is 2.67 bits per heavy atom. The van der Waals surface area contributed by atoms with Crippen molar-refractivity contribution in [2.24, 2.45) is 0 Å². The second-order valence-corrected chi connectivity index (χ2v) is 6.90. The zero-order chi connectivity index (χ0) is 18.8. The van der Waals surface area contributed by atoms with E-state index in [2.05, 4.69) is 10.1 Å². The topological polar surface area (TPSA) is 60.2 Å². The second-order valence-electron chi connectivity index (χ2n) is 6.90. The fourth-order valence-corrected chi connectivity index (χ4v) is 3.19. The van der Waals surface area contributed by atoms with E-state index >= 15 is 0 Å². The smallest absolute Gasteiger partial charge is 0.254 e. The van der Waals surface area contributed by atoms with Crippen LogP contribution in [0.1, 0.15) is 32.9 Å². The summed E-state index contributed by atoms with van der Waals surface area (Å²) in [7, 11) is 0. The Labute approximate surface area is 158 Å². The first-order valence-corrected chi connectivity index (χ1v) is 9.05. The normalized spacial score (nSPS) is 13.3. The molecule has 0 fully saturated rings. The molecular formula is C21H22N4O2. The van der Waals surface area contributed by atoms with E-state index in [0.717, 1.165) is 28.1 Å². The van der Waals surface area contributed by atoms with E-state index in [-0.39, 0.29) is 5.91 Å². The van der Waals surface area contributed by atoms with Crippen LogP contribution in [0, 0.1) is 13.8 Å². The lowest BCUT2D eigenvalue weighted by Gasteiger charge is -2.27. The molecule has 0 unspecified atom stereocenters. The van der Waals surface area contributed by atoms with Crippen molar-refractivity contribution in [3.8, 4) is 5.88 Å². The molecule has 0 N–H and O–H groups in total. The van der Waals surface area contributed by atoms with E-state index in [1.165, 1.54) is 0 Å². The summed E-state index contributed by atoms with van der Waals surface area (Å²) in [6.45, 7) is 6.26. The van der Waals surface area contributed by atoms with Crippen LogP contribution >= 0.6 is 0 Å². The predicted molar refractivity (Wildman–Crippen MR) is 101 cm³/mol. The highest BCUT2D eigenvalue weighted by atomic mass is 16.5. The van der Waals surface area contributed by atoms with Crippen molar-refractivity contribution in [1.82, 2.24) is 19.7 Å². The van der Waals surface area contributed by atoms with Gasteiger partial charge in [-0.25, -0.2) is 0 Å². The molecule has 6 heteroatoms. The van der Waals surface area contributed by atoms with Crippen LogP contribution in [0.2, 0.25) is 0 Å². The Kier molecular flexibility index (Phi) is 4.62. The number of hydrogen-bond donors (Lipinski definition) is 0. The number of pyridine rings is 1. The number of benzene rings is 1. The molecule has 138 valence electrons. The van der Waals surface area contributed by atoms with Gasteiger partial charge in [0.1, 0.15) is 6.61 Å². The zero-order valence-electron chi connectivity index (χ0n) is 15.6. The summed E-state index contributed by atoms with van der Waals surface area (Å²) >= 11 is 0. The lowest BCUT2D eigenvalue weighted by atomic mass is 10.1. The van der Waals surface area contributed by atoms with Crippen LogP contribution in [0.5, 0.6) is 5.88 Å². The van der Waals surface area contributed by atoms with Gasteiger partial charge in [0.25, 0.3) is 5.91 Å². The zero-order valence-corrected chi connectivity index (χ0v) is 15.6. The van der Waals surface area contributed by atoms with Crippen LogP contribution in [0.3, 0.4) is 0 Å². The summed E-state index contributed by atoms with van der Waals surface area (Å²) < 4.78 is 7.71. The molecule has 3 aromatic rings. The quantitative estimate of drug-likeness (QED) is 0.715. The summed E-state index contributed by atoms with van der Waals surface area (Å²) in [5, 5.41) is 4.50. The Morgan fingerprint density at radius 2 is 1.89 bits per heavy atom. The summed E-state index contributed by atoms with van der Waals surface area (Å²) in [4.78, 5) is 18.9. The first kappa shape index (κ1) is 17.3. The minimum atomic E-state index is 0.0499. The van der Waals surface area contributed by atoms with Crippen molar-refractivity contribution in [2.45, 2.75) is 33.5 Å². The third-order valence-corrected chi connectivity index (χ3v) is 4.70. The summed E-state index contributed by atoms with van der Waals surface area (Å²) in [6.07, 6.45) is 1.78.